The molecule has 8 heteroatoms. The number of anilines is 2. The van der Waals surface area contributed by atoms with Crippen LogP contribution in [0.4, 0.5) is 10.8 Å². The van der Waals surface area contributed by atoms with Gasteiger partial charge in [-0.1, -0.05) is 12.1 Å². The number of hydrogen-bond acceptors (Lipinski definition) is 5. The Balaban J connectivity index is 2.25. The van der Waals surface area contributed by atoms with E-state index in [2.05, 4.69) is 9.71 Å². The second-order valence-electron chi connectivity index (χ2n) is 4.05. The zero-order chi connectivity index (χ0) is 14.0. The van der Waals surface area contributed by atoms with Crippen molar-refractivity contribution in [3.63, 3.8) is 0 Å². The maximum atomic E-state index is 11.7. The van der Waals surface area contributed by atoms with Crippen molar-refractivity contribution in [1.29, 1.82) is 0 Å². The Kier molecular flexibility index (Phi) is 3.74. The van der Waals surface area contributed by atoms with Crippen LogP contribution >= 0.6 is 11.3 Å². The van der Waals surface area contributed by atoms with E-state index in [9.17, 15) is 8.42 Å². The Morgan fingerprint density at radius 1 is 1.37 bits per heavy atom. The second kappa shape index (κ2) is 5.16. The minimum Gasteiger partial charge on any atom is -0.399 e. The molecule has 102 valence electrons. The number of benzene rings is 1. The van der Waals surface area contributed by atoms with Crippen molar-refractivity contribution in [3.05, 3.63) is 29.6 Å². The molecule has 1 heterocycles. The molecule has 0 radical (unpaired) electrons. The van der Waals surface area contributed by atoms with Gasteiger partial charge < -0.3 is 5.73 Å². The molecular weight excluding hydrogens is 284 g/mol. The SMILES string of the molecule is CN(C)S(=O)(=O)Nc1nc(-c2cccc(N)c2)cs1. The van der Waals surface area contributed by atoms with Crippen LogP contribution in [0.2, 0.25) is 0 Å². The van der Waals surface area contributed by atoms with Gasteiger partial charge in [-0.3, -0.25) is 0 Å². The molecule has 0 aliphatic rings. The third-order valence-electron chi connectivity index (χ3n) is 2.38. The Hall–Kier alpha value is -1.64. The first-order chi connectivity index (χ1) is 8.88. The van der Waals surface area contributed by atoms with Crippen molar-refractivity contribution < 1.29 is 8.42 Å². The van der Waals surface area contributed by atoms with Gasteiger partial charge in [-0.05, 0) is 12.1 Å². The summed E-state index contributed by atoms with van der Waals surface area (Å²) in [4.78, 5) is 4.24. The fourth-order valence-electron chi connectivity index (χ4n) is 1.35. The Morgan fingerprint density at radius 3 is 2.74 bits per heavy atom. The van der Waals surface area contributed by atoms with Gasteiger partial charge in [-0.2, -0.15) is 12.7 Å². The predicted octanol–water partition coefficient (Wildman–Crippen LogP) is 1.61. The lowest BCUT2D eigenvalue weighted by Crippen LogP contribution is -2.28. The van der Waals surface area contributed by atoms with Gasteiger partial charge >= 0.3 is 10.2 Å². The van der Waals surface area contributed by atoms with Gasteiger partial charge in [0.1, 0.15) is 0 Å². The van der Waals surface area contributed by atoms with Gasteiger partial charge in [0.2, 0.25) is 0 Å². The molecule has 0 aliphatic heterocycles. The third-order valence-corrected chi connectivity index (χ3v) is 4.68. The highest BCUT2D eigenvalue weighted by Gasteiger charge is 2.15. The highest BCUT2D eigenvalue weighted by Crippen LogP contribution is 2.26. The number of thiazole rings is 1. The van der Waals surface area contributed by atoms with E-state index in [1.165, 1.54) is 25.4 Å². The molecule has 19 heavy (non-hydrogen) atoms. The largest absolute Gasteiger partial charge is 0.399 e. The summed E-state index contributed by atoms with van der Waals surface area (Å²) in [6.07, 6.45) is 0. The summed E-state index contributed by atoms with van der Waals surface area (Å²) in [6, 6.07) is 7.27. The van der Waals surface area contributed by atoms with E-state index in [1.54, 1.807) is 17.5 Å². The molecule has 0 fully saturated rings. The first-order valence-corrected chi connectivity index (χ1v) is 7.72. The summed E-state index contributed by atoms with van der Waals surface area (Å²) in [5.74, 6) is 0. The Bertz CT molecular complexity index is 680. The molecule has 0 atom stereocenters. The van der Waals surface area contributed by atoms with Crippen LogP contribution in [-0.2, 0) is 10.2 Å². The summed E-state index contributed by atoms with van der Waals surface area (Å²) in [6.45, 7) is 0. The highest BCUT2D eigenvalue weighted by atomic mass is 32.2. The summed E-state index contributed by atoms with van der Waals surface area (Å²) in [7, 11) is -0.615. The van der Waals surface area contributed by atoms with Crippen molar-refractivity contribution in [2.75, 3.05) is 24.6 Å². The smallest absolute Gasteiger partial charge is 0.302 e. The van der Waals surface area contributed by atoms with Crippen LogP contribution in [-0.4, -0.2) is 31.8 Å². The minimum atomic E-state index is -3.52. The van der Waals surface area contributed by atoms with Gasteiger partial charge in [0.05, 0.1) is 5.69 Å². The first kappa shape index (κ1) is 13.8. The number of nitrogens with one attached hydrogen (secondary N) is 1. The maximum absolute atomic E-state index is 11.7. The molecule has 6 nitrogen and oxygen atoms in total. The van der Waals surface area contributed by atoms with E-state index in [1.807, 2.05) is 12.1 Å². The maximum Gasteiger partial charge on any atom is 0.302 e. The van der Waals surface area contributed by atoms with Crippen LogP contribution in [0.15, 0.2) is 29.6 Å². The molecule has 0 aliphatic carbocycles. The molecule has 3 N–H and O–H groups in total. The molecule has 0 saturated heterocycles. The number of hydrogen-bond donors (Lipinski definition) is 2. The standard InChI is InChI=1S/C11H14N4O2S2/c1-15(2)19(16,17)14-11-13-10(7-18-11)8-4-3-5-9(12)6-8/h3-7H,12H2,1-2H3,(H,13,14). The zero-order valence-corrected chi connectivity index (χ0v) is 12.1. The van der Waals surface area contributed by atoms with Crippen LogP contribution in [0.1, 0.15) is 0 Å². The van der Waals surface area contributed by atoms with Gasteiger partial charge in [0.15, 0.2) is 5.13 Å². The molecule has 0 saturated carbocycles. The first-order valence-electron chi connectivity index (χ1n) is 5.40. The normalized spacial score (nSPS) is 11.7. The lowest BCUT2D eigenvalue weighted by Gasteiger charge is -2.10. The van der Waals surface area contributed by atoms with Crippen molar-refractivity contribution in [2.24, 2.45) is 0 Å². The number of nitrogens with zero attached hydrogens (tertiary/aromatic N) is 2. The topological polar surface area (TPSA) is 88.3 Å². The van der Waals surface area contributed by atoms with E-state index in [0.29, 0.717) is 16.5 Å². The van der Waals surface area contributed by atoms with Crippen LogP contribution in [0.3, 0.4) is 0 Å². The van der Waals surface area contributed by atoms with E-state index in [0.717, 1.165) is 9.87 Å². The number of rotatable bonds is 4. The molecule has 0 spiro atoms. The van der Waals surface area contributed by atoms with Gasteiger partial charge in [-0.15, -0.1) is 11.3 Å². The number of nitrogens with two attached hydrogens (primary N) is 1. The molecule has 2 rings (SSSR count). The average Bonchev–Trinajstić information content (AvgIpc) is 2.76. The predicted molar refractivity (Wildman–Crippen MR) is 78.2 cm³/mol. The van der Waals surface area contributed by atoms with E-state index >= 15 is 0 Å². The lowest BCUT2D eigenvalue weighted by atomic mass is 10.1. The molecule has 1 aromatic heterocycles. The van der Waals surface area contributed by atoms with Crippen LogP contribution in [0.25, 0.3) is 11.3 Å². The molecule has 0 amide bonds. The lowest BCUT2D eigenvalue weighted by molar-refractivity contribution is 0.527. The second-order valence-corrected chi connectivity index (χ2v) is 6.80. The van der Waals surface area contributed by atoms with Crippen molar-refractivity contribution >= 4 is 32.4 Å². The van der Waals surface area contributed by atoms with Crippen molar-refractivity contribution in [3.8, 4) is 11.3 Å². The van der Waals surface area contributed by atoms with Gasteiger partial charge in [0.25, 0.3) is 0 Å². The summed E-state index contributed by atoms with van der Waals surface area (Å²) in [5.41, 5.74) is 7.88. The van der Waals surface area contributed by atoms with Gasteiger partial charge in [-0.25, -0.2) is 9.71 Å². The summed E-state index contributed by atoms with van der Waals surface area (Å²) >= 11 is 1.23. The van der Waals surface area contributed by atoms with Crippen molar-refractivity contribution in [1.82, 2.24) is 9.29 Å². The van der Waals surface area contributed by atoms with Crippen LogP contribution in [0.5, 0.6) is 0 Å². The number of aromatic nitrogens is 1. The average molecular weight is 298 g/mol. The molecular formula is C11H14N4O2S2. The Morgan fingerprint density at radius 2 is 2.11 bits per heavy atom. The fourth-order valence-corrected chi connectivity index (χ4v) is 2.87. The fraction of sp³-hybridized carbons (Fsp3) is 0.182. The monoisotopic (exact) mass is 298 g/mol. The quantitative estimate of drug-likeness (QED) is 0.839. The molecule has 0 bridgehead atoms. The summed E-state index contributed by atoms with van der Waals surface area (Å²) < 4.78 is 26.8. The highest BCUT2D eigenvalue weighted by molar-refractivity contribution is 7.90. The van der Waals surface area contributed by atoms with E-state index in [4.69, 9.17) is 5.73 Å². The third kappa shape index (κ3) is 3.22. The zero-order valence-electron chi connectivity index (χ0n) is 10.5. The number of nitrogen functional groups attached to an aromatic ring is 1. The summed E-state index contributed by atoms with van der Waals surface area (Å²) in [5, 5.41) is 2.11. The molecule has 0 unspecified atom stereocenters. The van der Waals surface area contributed by atoms with Gasteiger partial charge in [0, 0.05) is 30.7 Å². The molecule has 1 aromatic carbocycles. The Labute approximate surface area is 116 Å². The van der Waals surface area contributed by atoms with Crippen molar-refractivity contribution in [2.45, 2.75) is 0 Å². The minimum absolute atomic E-state index is 0.325. The van der Waals surface area contributed by atoms with Crippen LogP contribution < -0.4 is 10.5 Å². The van der Waals surface area contributed by atoms with E-state index in [-0.39, 0.29) is 0 Å². The van der Waals surface area contributed by atoms with Crippen LogP contribution in [0, 0.1) is 0 Å². The van der Waals surface area contributed by atoms with E-state index < -0.39 is 10.2 Å². The molecule has 2 aromatic rings.